The number of amides is 1. The maximum atomic E-state index is 12.9. The van der Waals surface area contributed by atoms with E-state index in [-0.39, 0.29) is 5.91 Å². The molecule has 1 aliphatic heterocycles. The maximum absolute atomic E-state index is 12.9. The van der Waals surface area contributed by atoms with Crippen molar-refractivity contribution in [2.24, 2.45) is 7.05 Å². The van der Waals surface area contributed by atoms with Gasteiger partial charge in [0.15, 0.2) is 5.82 Å². The molecule has 1 fully saturated rings. The van der Waals surface area contributed by atoms with E-state index >= 15 is 0 Å². The zero-order valence-electron chi connectivity index (χ0n) is 15.1. The standard InChI is InChI=1S/C18H24N6O/c1-12-17(13(2)22(3)21-12)18(25)24-9-7-23(8-10-24)16-11-14-5-4-6-15(14)19-20-16/h11H,4-10H2,1-3H3. The molecule has 0 radical (unpaired) electrons. The van der Waals surface area contributed by atoms with Crippen LogP contribution >= 0.6 is 0 Å². The van der Waals surface area contributed by atoms with Crippen LogP contribution in [0.4, 0.5) is 5.82 Å². The molecule has 7 nitrogen and oxygen atoms in total. The van der Waals surface area contributed by atoms with Crippen molar-refractivity contribution < 1.29 is 4.79 Å². The van der Waals surface area contributed by atoms with Gasteiger partial charge in [0.25, 0.3) is 5.91 Å². The van der Waals surface area contributed by atoms with Gasteiger partial charge in [-0.15, -0.1) is 5.10 Å². The number of rotatable bonds is 2. The number of aryl methyl sites for hydroxylation is 4. The minimum absolute atomic E-state index is 0.0859. The van der Waals surface area contributed by atoms with E-state index in [1.807, 2.05) is 25.8 Å². The summed E-state index contributed by atoms with van der Waals surface area (Å²) in [6.07, 6.45) is 3.34. The highest BCUT2D eigenvalue weighted by Gasteiger charge is 2.27. The third-order valence-corrected chi connectivity index (χ3v) is 5.42. The fourth-order valence-electron chi connectivity index (χ4n) is 3.85. The summed E-state index contributed by atoms with van der Waals surface area (Å²) >= 11 is 0. The van der Waals surface area contributed by atoms with Gasteiger partial charge in [-0.1, -0.05) is 0 Å². The molecule has 2 aliphatic rings. The van der Waals surface area contributed by atoms with Crippen molar-refractivity contribution in [1.29, 1.82) is 0 Å². The summed E-state index contributed by atoms with van der Waals surface area (Å²) in [6.45, 7) is 6.83. The smallest absolute Gasteiger partial charge is 0.257 e. The highest BCUT2D eigenvalue weighted by molar-refractivity contribution is 5.96. The van der Waals surface area contributed by atoms with Crippen LogP contribution in [0.15, 0.2) is 6.07 Å². The Bertz CT molecular complexity index is 819. The molecule has 3 heterocycles. The lowest BCUT2D eigenvalue weighted by molar-refractivity contribution is 0.0745. The van der Waals surface area contributed by atoms with Crippen molar-refractivity contribution in [1.82, 2.24) is 24.9 Å². The first-order valence-electron chi connectivity index (χ1n) is 8.94. The molecule has 0 unspecified atom stereocenters. The van der Waals surface area contributed by atoms with Crippen LogP contribution in [-0.2, 0) is 19.9 Å². The van der Waals surface area contributed by atoms with Crippen LogP contribution < -0.4 is 4.90 Å². The SMILES string of the molecule is Cc1nn(C)c(C)c1C(=O)N1CCN(c2cc3c(nn2)CCC3)CC1. The highest BCUT2D eigenvalue weighted by Crippen LogP contribution is 2.24. The first-order valence-corrected chi connectivity index (χ1v) is 8.94. The summed E-state index contributed by atoms with van der Waals surface area (Å²) < 4.78 is 1.78. The predicted octanol–water partition coefficient (Wildman–Crippen LogP) is 1.28. The lowest BCUT2D eigenvalue weighted by atomic mass is 10.1. The van der Waals surface area contributed by atoms with Crippen molar-refractivity contribution in [2.75, 3.05) is 31.1 Å². The van der Waals surface area contributed by atoms with Crippen LogP contribution in [-0.4, -0.2) is 57.0 Å². The molecule has 0 atom stereocenters. The Balaban J connectivity index is 1.45. The Morgan fingerprint density at radius 1 is 1.08 bits per heavy atom. The molecule has 0 bridgehead atoms. The molecule has 4 rings (SSSR count). The van der Waals surface area contributed by atoms with Gasteiger partial charge >= 0.3 is 0 Å². The quantitative estimate of drug-likeness (QED) is 0.824. The van der Waals surface area contributed by atoms with Crippen LogP contribution in [0.3, 0.4) is 0 Å². The molecule has 1 aliphatic carbocycles. The molecule has 2 aromatic rings. The molecule has 0 N–H and O–H groups in total. The van der Waals surface area contributed by atoms with E-state index in [1.165, 1.54) is 12.0 Å². The molecule has 25 heavy (non-hydrogen) atoms. The Kier molecular flexibility index (Phi) is 3.94. The van der Waals surface area contributed by atoms with Crippen molar-refractivity contribution >= 4 is 11.7 Å². The van der Waals surface area contributed by atoms with E-state index in [0.717, 1.165) is 54.4 Å². The molecule has 1 amide bonds. The van der Waals surface area contributed by atoms with Crippen LogP contribution in [0.2, 0.25) is 0 Å². The number of anilines is 1. The lowest BCUT2D eigenvalue weighted by Gasteiger charge is -2.35. The topological polar surface area (TPSA) is 67.2 Å². The number of fused-ring (bicyclic) bond motifs is 1. The van der Waals surface area contributed by atoms with Gasteiger partial charge in [-0.2, -0.15) is 10.2 Å². The van der Waals surface area contributed by atoms with Gasteiger partial charge in [-0.25, -0.2) is 0 Å². The average Bonchev–Trinajstić information content (AvgIpc) is 3.18. The maximum Gasteiger partial charge on any atom is 0.257 e. The normalized spacial score (nSPS) is 17.1. The predicted molar refractivity (Wildman–Crippen MR) is 94.9 cm³/mol. The third kappa shape index (κ3) is 2.77. The van der Waals surface area contributed by atoms with Gasteiger partial charge in [-0.3, -0.25) is 9.48 Å². The molecular weight excluding hydrogens is 316 g/mol. The van der Waals surface area contributed by atoms with Gasteiger partial charge < -0.3 is 9.80 Å². The second-order valence-corrected chi connectivity index (χ2v) is 6.98. The summed E-state index contributed by atoms with van der Waals surface area (Å²) in [5.41, 5.74) is 4.96. The first kappa shape index (κ1) is 16.1. The van der Waals surface area contributed by atoms with Crippen LogP contribution in [0.5, 0.6) is 0 Å². The van der Waals surface area contributed by atoms with Gasteiger partial charge in [0.05, 0.1) is 17.0 Å². The zero-order valence-corrected chi connectivity index (χ0v) is 15.1. The molecule has 132 valence electrons. The second-order valence-electron chi connectivity index (χ2n) is 6.98. The molecule has 0 spiro atoms. The van der Waals surface area contributed by atoms with Crippen molar-refractivity contribution in [3.63, 3.8) is 0 Å². The number of aromatic nitrogens is 4. The lowest BCUT2D eigenvalue weighted by Crippen LogP contribution is -2.49. The van der Waals surface area contributed by atoms with Crippen molar-refractivity contribution in [3.8, 4) is 0 Å². The molecular formula is C18H24N6O. The van der Waals surface area contributed by atoms with Gasteiger partial charge in [-0.05, 0) is 44.7 Å². The van der Waals surface area contributed by atoms with E-state index in [4.69, 9.17) is 0 Å². The Morgan fingerprint density at radius 2 is 1.84 bits per heavy atom. The number of nitrogens with zero attached hydrogens (tertiary/aromatic N) is 6. The monoisotopic (exact) mass is 340 g/mol. The number of hydrogen-bond acceptors (Lipinski definition) is 5. The van der Waals surface area contributed by atoms with Crippen molar-refractivity contribution in [3.05, 3.63) is 34.3 Å². The number of piperazine rings is 1. The van der Waals surface area contributed by atoms with Gasteiger partial charge in [0.2, 0.25) is 0 Å². The molecule has 0 aromatic carbocycles. The van der Waals surface area contributed by atoms with Gasteiger partial charge in [0, 0.05) is 38.9 Å². The summed E-state index contributed by atoms with van der Waals surface area (Å²) in [5, 5.41) is 13.1. The van der Waals surface area contributed by atoms with Gasteiger partial charge in [0.1, 0.15) is 0 Å². The Morgan fingerprint density at radius 3 is 2.52 bits per heavy atom. The van der Waals surface area contributed by atoms with Crippen LogP contribution in [0.25, 0.3) is 0 Å². The minimum atomic E-state index is 0.0859. The third-order valence-electron chi connectivity index (χ3n) is 5.42. The summed E-state index contributed by atoms with van der Waals surface area (Å²) in [6, 6.07) is 2.18. The molecule has 7 heteroatoms. The van der Waals surface area contributed by atoms with Crippen LogP contribution in [0, 0.1) is 13.8 Å². The van der Waals surface area contributed by atoms with E-state index in [0.29, 0.717) is 13.1 Å². The van der Waals surface area contributed by atoms with E-state index in [2.05, 4.69) is 26.3 Å². The summed E-state index contributed by atoms with van der Waals surface area (Å²) in [4.78, 5) is 17.0. The molecule has 2 aromatic heterocycles. The fourth-order valence-corrected chi connectivity index (χ4v) is 3.85. The van der Waals surface area contributed by atoms with E-state index in [9.17, 15) is 4.79 Å². The van der Waals surface area contributed by atoms with E-state index in [1.54, 1.807) is 4.68 Å². The number of hydrogen-bond donors (Lipinski definition) is 0. The highest BCUT2D eigenvalue weighted by atomic mass is 16.2. The Labute approximate surface area is 147 Å². The largest absolute Gasteiger partial charge is 0.352 e. The zero-order chi connectivity index (χ0) is 17.6. The summed E-state index contributed by atoms with van der Waals surface area (Å²) in [7, 11) is 1.88. The average molecular weight is 340 g/mol. The second kappa shape index (κ2) is 6.13. The van der Waals surface area contributed by atoms with E-state index < -0.39 is 0 Å². The number of carbonyl (C=O) groups is 1. The van der Waals surface area contributed by atoms with Crippen molar-refractivity contribution in [2.45, 2.75) is 33.1 Å². The minimum Gasteiger partial charge on any atom is -0.352 e. The Hall–Kier alpha value is -2.44. The molecule has 0 saturated carbocycles. The molecule has 1 saturated heterocycles. The van der Waals surface area contributed by atoms with Crippen LogP contribution in [0.1, 0.15) is 39.4 Å². The fraction of sp³-hybridized carbons (Fsp3) is 0.556. The number of carbonyl (C=O) groups excluding carboxylic acids is 1. The summed E-state index contributed by atoms with van der Waals surface area (Å²) in [5.74, 6) is 1.03. The first-order chi connectivity index (χ1) is 12.0.